The average Bonchev–Trinajstić information content (AvgIpc) is 3.02. The number of azo groups is 2. The van der Waals surface area contributed by atoms with E-state index in [1.165, 1.54) is 0 Å². The Morgan fingerprint density at radius 1 is 0.829 bits per heavy atom. The molecule has 3 aromatic rings. The van der Waals surface area contributed by atoms with E-state index in [0.29, 0.717) is 29.1 Å². The Kier molecular flexibility index (Phi) is 18.8. The highest BCUT2D eigenvalue weighted by Crippen LogP contribution is 2.28. The van der Waals surface area contributed by atoms with Crippen LogP contribution in [0.4, 0.5) is 28.4 Å². The maximum Gasteiger partial charge on any atom is 0.333 e. The zero-order chi connectivity index (χ0) is 31.2. The first kappa shape index (κ1) is 36.4. The summed E-state index contributed by atoms with van der Waals surface area (Å²) < 4.78 is 5.14. The molecule has 0 amide bonds. The summed E-state index contributed by atoms with van der Waals surface area (Å²) in [7, 11) is 1.93. The van der Waals surface area contributed by atoms with Gasteiger partial charge in [0.25, 0.3) is 0 Å². The summed E-state index contributed by atoms with van der Waals surface area (Å²) in [5.74, 6) is -0.383. The summed E-state index contributed by atoms with van der Waals surface area (Å²) in [6, 6.07) is 22.2. The Hall–Kier alpha value is -4.64. The molecule has 3 aromatic carbocycles. The van der Waals surface area contributed by atoms with Gasteiger partial charge in [-0.2, -0.15) is 25.7 Å². The number of carbonyl (C=O) groups is 1. The standard InChI is InChI=1S/C27H26N6O2.3C2H6/c1-19(2)27(34)35-16-15-33(4)25-12-9-23(10-13-25)30-32-26-14-11-24(17-20(26)3)31-29-22-7-5-21(18-28)6-8-22;3*1-2/h5-14,17H,1,15-16H2,2-4H3;3*1-2H3. The third-order valence-corrected chi connectivity index (χ3v) is 5.03. The minimum atomic E-state index is -0.383. The summed E-state index contributed by atoms with van der Waals surface area (Å²) in [6.07, 6.45) is 0. The lowest BCUT2D eigenvalue weighted by atomic mass is 10.2. The molecular weight excluding hydrogens is 512 g/mol. The Balaban J connectivity index is 0.00000250. The van der Waals surface area contributed by atoms with E-state index in [-0.39, 0.29) is 12.6 Å². The first-order valence-electron chi connectivity index (χ1n) is 13.9. The van der Waals surface area contributed by atoms with E-state index in [2.05, 4.69) is 33.1 Å². The van der Waals surface area contributed by atoms with Gasteiger partial charge in [-0.05, 0) is 86.1 Å². The normalized spacial score (nSPS) is 9.76. The van der Waals surface area contributed by atoms with E-state index in [9.17, 15) is 4.79 Å². The Morgan fingerprint density at radius 3 is 1.83 bits per heavy atom. The van der Waals surface area contributed by atoms with Crippen molar-refractivity contribution in [2.24, 2.45) is 20.5 Å². The van der Waals surface area contributed by atoms with Crippen molar-refractivity contribution < 1.29 is 9.53 Å². The fourth-order valence-electron chi connectivity index (χ4n) is 2.95. The third-order valence-electron chi connectivity index (χ3n) is 5.03. The van der Waals surface area contributed by atoms with Gasteiger partial charge in [0.15, 0.2) is 0 Å². The van der Waals surface area contributed by atoms with Gasteiger partial charge < -0.3 is 9.64 Å². The number of nitriles is 1. The molecule has 0 unspecified atom stereocenters. The molecule has 0 aromatic heterocycles. The number of benzene rings is 3. The van der Waals surface area contributed by atoms with Gasteiger partial charge in [-0.25, -0.2) is 4.79 Å². The number of rotatable bonds is 9. The van der Waals surface area contributed by atoms with Crippen molar-refractivity contribution in [3.05, 3.63) is 90.0 Å². The van der Waals surface area contributed by atoms with Crippen molar-refractivity contribution in [2.75, 3.05) is 25.1 Å². The predicted octanol–water partition coefficient (Wildman–Crippen LogP) is 10.3. The van der Waals surface area contributed by atoms with Crippen molar-refractivity contribution in [2.45, 2.75) is 55.4 Å². The van der Waals surface area contributed by atoms with Gasteiger partial charge in [0.1, 0.15) is 6.61 Å². The van der Waals surface area contributed by atoms with Crippen molar-refractivity contribution in [3.8, 4) is 6.07 Å². The largest absolute Gasteiger partial charge is 0.460 e. The molecule has 8 heteroatoms. The molecule has 0 atom stereocenters. The molecule has 0 fully saturated rings. The molecule has 0 saturated heterocycles. The first-order chi connectivity index (χ1) is 19.9. The summed E-state index contributed by atoms with van der Waals surface area (Å²) >= 11 is 0. The summed E-state index contributed by atoms with van der Waals surface area (Å²) in [5, 5.41) is 26.0. The second-order valence-corrected chi connectivity index (χ2v) is 7.88. The highest BCUT2D eigenvalue weighted by Gasteiger charge is 2.06. The summed E-state index contributed by atoms with van der Waals surface area (Å²) in [5.41, 5.74) is 5.70. The highest BCUT2D eigenvalue weighted by atomic mass is 16.5. The Bertz CT molecular complexity index is 1290. The fourth-order valence-corrected chi connectivity index (χ4v) is 2.95. The molecule has 0 saturated carbocycles. The number of ether oxygens (including phenoxy) is 1. The van der Waals surface area contributed by atoms with Crippen LogP contribution in [0.15, 0.2) is 99.3 Å². The van der Waals surface area contributed by atoms with Gasteiger partial charge in [-0.15, -0.1) is 0 Å². The van der Waals surface area contributed by atoms with Crippen LogP contribution in [0.5, 0.6) is 0 Å². The van der Waals surface area contributed by atoms with Crippen molar-refractivity contribution in [1.82, 2.24) is 0 Å². The van der Waals surface area contributed by atoms with Crippen LogP contribution in [0.3, 0.4) is 0 Å². The average molecular weight is 557 g/mol. The van der Waals surface area contributed by atoms with Gasteiger partial charge in [-0.3, -0.25) is 0 Å². The highest BCUT2D eigenvalue weighted by molar-refractivity contribution is 5.86. The van der Waals surface area contributed by atoms with E-state index in [0.717, 1.165) is 22.6 Å². The monoisotopic (exact) mass is 556 g/mol. The van der Waals surface area contributed by atoms with Crippen LogP contribution in [0.1, 0.15) is 59.6 Å². The van der Waals surface area contributed by atoms with E-state index >= 15 is 0 Å². The maximum atomic E-state index is 11.5. The molecule has 41 heavy (non-hydrogen) atoms. The van der Waals surface area contributed by atoms with Crippen LogP contribution in [-0.2, 0) is 9.53 Å². The SMILES string of the molecule is C=C(C)C(=O)OCCN(C)c1ccc(N=Nc2ccc(N=Nc3ccc(C#N)cc3)cc2C)cc1.CC.CC.CC. The molecule has 0 N–H and O–H groups in total. The maximum absolute atomic E-state index is 11.5. The molecule has 0 bridgehead atoms. The van der Waals surface area contributed by atoms with Crippen LogP contribution < -0.4 is 4.90 Å². The zero-order valence-electron chi connectivity index (χ0n) is 26.0. The molecule has 0 heterocycles. The number of aryl methyl sites for hydroxylation is 1. The minimum Gasteiger partial charge on any atom is -0.460 e. The lowest BCUT2D eigenvalue weighted by Gasteiger charge is -2.19. The number of esters is 1. The molecule has 218 valence electrons. The van der Waals surface area contributed by atoms with Gasteiger partial charge >= 0.3 is 5.97 Å². The summed E-state index contributed by atoms with van der Waals surface area (Å²) in [6.45, 7) is 20.0. The van der Waals surface area contributed by atoms with Crippen LogP contribution in [0, 0.1) is 18.3 Å². The molecular formula is C33H44N6O2. The van der Waals surface area contributed by atoms with E-state index in [4.69, 9.17) is 10.00 Å². The van der Waals surface area contributed by atoms with Crippen LogP contribution in [-0.4, -0.2) is 26.2 Å². The quantitative estimate of drug-likeness (QED) is 0.148. The molecule has 0 aliphatic rings. The molecule has 0 spiro atoms. The van der Waals surface area contributed by atoms with Gasteiger partial charge in [0, 0.05) is 18.3 Å². The van der Waals surface area contributed by atoms with Crippen molar-refractivity contribution >= 4 is 34.4 Å². The number of carbonyl (C=O) groups excluding carboxylic acids is 1. The summed E-state index contributed by atoms with van der Waals surface area (Å²) in [4.78, 5) is 13.5. The van der Waals surface area contributed by atoms with Crippen molar-refractivity contribution in [1.29, 1.82) is 5.26 Å². The molecule has 8 nitrogen and oxygen atoms in total. The van der Waals surface area contributed by atoms with Crippen LogP contribution >= 0.6 is 0 Å². The topological polar surface area (TPSA) is 103 Å². The van der Waals surface area contributed by atoms with Gasteiger partial charge in [0.05, 0.1) is 40.9 Å². The van der Waals surface area contributed by atoms with Crippen LogP contribution in [0.2, 0.25) is 0 Å². The Labute approximate surface area is 246 Å². The minimum absolute atomic E-state index is 0.284. The molecule has 0 aliphatic carbocycles. The Morgan fingerprint density at radius 2 is 1.32 bits per heavy atom. The van der Waals surface area contributed by atoms with E-state index in [1.807, 2.05) is 103 Å². The molecule has 0 aliphatic heterocycles. The van der Waals surface area contributed by atoms with E-state index < -0.39 is 0 Å². The lowest BCUT2D eigenvalue weighted by molar-refractivity contribution is -0.138. The zero-order valence-corrected chi connectivity index (χ0v) is 26.0. The van der Waals surface area contributed by atoms with Crippen molar-refractivity contribution in [3.63, 3.8) is 0 Å². The van der Waals surface area contributed by atoms with Crippen LogP contribution in [0.25, 0.3) is 0 Å². The molecule has 3 rings (SSSR count). The third kappa shape index (κ3) is 13.3. The fraction of sp³-hybridized carbons (Fsp3) is 0.333. The van der Waals surface area contributed by atoms with E-state index in [1.54, 1.807) is 31.2 Å². The predicted molar refractivity (Wildman–Crippen MR) is 170 cm³/mol. The smallest absolute Gasteiger partial charge is 0.333 e. The first-order valence-corrected chi connectivity index (χ1v) is 13.9. The second-order valence-electron chi connectivity index (χ2n) is 7.88. The number of likely N-dealkylation sites (N-methyl/N-ethyl adjacent to an activating group) is 1. The number of nitrogens with zero attached hydrogens (tertiary/aromatic N) is 6. The lowest BCUT2D eigenvalue weighted by Crippen LogP contribution is -2.23. The second kappa shape index (κ2) is 21.2. The number of hydrogen-bond acceptors (Lipinski definition) is 8. The molecule has 0 radical (unpaired) electrons. The van der Waals surface area contributed by atoms with Gasteiger partial charge in [0.2, 0.25) is 0 Å². The number of hydrogen-bond donors (Lipinski definition) is 0. The van der Waals surface area contributed by atoms with Gasteiger partial charge in [-0.1, -0.05) is 48.1 Å². The number of anilines is 1.